The third-order valence-corrected chi connectivity index (χ3v) is 5.13. The molecular formula is C19H20ClN3O3S. The van der Waals surface area contributed by atoms with Gasteiger partial charge in [-0.05, 0) is 42.6 Å². The SMILES string of the molecule is CCOC(=O)C(c1ccc(Cl)cc1)N(CC)Cc1nc(-c2cccs2)no1. The molecule has 2 heterocycles. The molecule has 0 aliphatic carbocycles. The van der Waals surface area contributed by atoms with Gasteiger partial charge in [0, 0.05) is 5.02 Å². The maximum absolute atomic E-state index is 12.6. The highest BCUT2D eigenvalue weighted by molar-refractivity contribution is 7.13. The van der Waals surface area contributed by atoms with Gasteiger partial charge in [0.05, 0.1) is 18.0 Å². The summed E-state index contributed by atoms with van der Waals surface area (Å²) < 4.78 is 10.7. The van der Waals surface area contributed by atoms with Gasteiger partial charge in [-0.15, -0.1) is 11.3 Å². The van der Waals surface area contributed by atoms with Gasteiger partial charge in [-0.25, -0.2) is 4.79 Å². The highest BCUT2D eigenvalue weighted by Crippen LogP contribution is 2.27. The van der Waals surface area contributed by atoms with Crippen LogP contribution in [0.3, 0.4) is 0 Å². The highest BCUT2D eigenvalue weighted by atomic mass is 35.5. The minimum atomic E-state index is -0.579. The van der Waals surface area contributed by atoms with Crippen LogP contribution in [0.4, 0.5) is 0 Å². The largest absolute Gasteiger partial charge is 0.465 e. The Balaban J connectivity index is 1.85. The smallest absolute Gasteiger partial charge is 0.328 e. The predicted octanol–water partition coefficient (Wildman–Crippen LogP) is 4.58. The van der Waals surface area contributed by atoms with E-state index in [1.807, 2.05) is 41.5 Å². The van der Waals surface area contributed by atoms with Crippen molar-refractivity contribution < 1.29 is 14.1 Å². The molecule has 0 bridgehead atoms. The Morgan fingerprint density at radius 1 is 1.30 bits per heavy atom. The average molecular weight is 406 g/mol. The Bertz CT molecular complexity index is 865. The zero-order chi connectivity index (χ0) is 19.2. The molecule has 0 radical (unpaired) electrons. The van der Waals surface area contributed by atoms with Gasteiger partial charge in [-0.2, -0.15) is 4.98 Å². The van der Waals surface area contributed by atoms with Crippen LogP contribution in [0.25, 0.3) is 10.7 Å². The van der Waals surface area contributed by atoms with Gasteiger partial charge in [0.1, 0.15) is 6.04 Å². The van der Waals surface area contributed by atoms with Crippen LogP contribution in [0, 0.1) is 0 Å². The van der Waals surface area contributed by atoms with Crippen molar-refractivity contribution in [1.29, 1.82) is 0 Å². The van der Waals surface area contributed by atoms with Crippen LogP contribution < -0.4 is 0 Å². The summed E-state index contributed by atoms with van der Waals surface area (Å²) in [6.45, 7) is 5.00. The summed E-state index contributed by atoms with van der Waals surface area (Å²) in [5.74, 6) is 0.679. The molecular weight excluding hydrogens is 386 g/mol. The highest BCUT2D eigenvalue weighted by Gasteiger charge is 2.29. The van der Waals surface area contributed by atoms with Crippen molar-refractivity contribution in [1.82, 2.24) is 15.0 Å². The van der Waals surface area contributed by atoms with Gasteiger partial charge >= 0.3 is 5.97 Å². The lowest BCUT2D eigenvalue weighted by atomic mass is 10.1. The van der Waals surface area contributed by atoms with Gasteiger partial charge < -0.3 is 9.26 Å². The second-order valence-corrected chi connectivity index (χ2v) is 7.14. The summed E-state index contributed by atoms with van der Waals surface area (Å²) in [5, 5.41) is 6.61. The zero-order valence-corrected chi connectivity index (χ0v) is 16.7. The molecule has 2 aromatic heterocycles. The van der Waals surface area contributed by atoms with Gasteiger partial charge in [0.2, 0.25) is 11.7 Å². The van der Waals surface area contributed by atoms with E-state index in [0.29, 0.717) is 36.4 Å². The van der Waals surface area contributed by atoms with Gasteiger partial charge in [-0.1, -0.05) is 41.9 Å². The summed E-state index contributed by atoms with van der Waals surface area (Å²) in [6, 6.07) is 10.5. The van der Waals surface area contributed by atoms with Gasteiger partial charge in [0.15, 0.2) is 0 Å². The molecule has 3 aromatic rings. The average Bonchev–Trinajstić information content (AvgIpc) is 3.34. The molecule has 8 heteroatoms. The van der Waals surface area contributed by atoms with Crippen molar-refractivity contribution in [2.75, 3.05) is 13.2 Å². The molecule has 0 amide bonds. The number of aromatic nitrogens is 2. The number of ether oxygens (including phenoxy) is 1. The van der Waals surface area contributed by atoms with Crippen LogP contribution in [-0.2, 0) is 16.1 Å². The summed E-state index contributed by atoms with van der Waals surface area (Å²) >= 11 is 7.53. The summed E-state index contributed by atoms with van der Waals surface area (Å²) in [6.07, 6.45) is 0. The third-order valence-electron chi connectivity index (χ3n) is 4.01. The molecule has 0 saturated heterocycles. The van der Waals surface area contributed by atoms with Crippen molar-refractivity contribution in [3.05, 3.63) is 58.3 Å². The lowest BCUT2D eigenvalue weighted by Gasteiger charge is -2.28. The Morgan fingerprint density at radius 3 is 2.70 bits per heavy atom. The van der Waals surface area contributed by atoms with E-state index >= 15 is 0 Å². The van der Waals surface area contributed by atoms with Crippen molar-refractivity contribution in [3.8, 4) is 10.7 Å². The van der Waals surface area contributed by atoms with E-state index < -0.39 is 6.04 Å². The maximum Gasteiger partial charge on any atom is 0.328 e. The molecule has 0 N–H and O–H groups in total. The van der Waals surface area contributed by atoms with Crippen molar-refractivity contribution in [2.45, 2.75) is 26.4 Å². The van der Waals surface area contributed by atoms with Crippen molar-refractivity contribution >= 4 is 28.9 Å². The number of thiophene rings is 1. The molecule has 27 heavy (non-hydrogen) atoms. The van der Waals surface area contributed by atoms with Crippen LogP contribution >= 0.6 is 22.9 Å². The number of benzene rings is 1. The van der Waals surface area contributed by atoms with Crippen LogP contribution in [0.5, 0.6) is 0 Å². The Kier molecular flexibility index (Phi) is 6.60. The number of hydrogen-bond donors (Lipinski definition) is 0. The Labute approximate surface area is 166 Å². The first-order chi connectivity index (χ1) is 13.1. The molecule has 0 fully saturated rings. The number of carbonyl (C=O) groups is 1. The quantitative estimate of drug-likeness (QED) is 0.511. The number of halogens is 1. The summed E-state index contributed by atoms with van der Waals surface area (Å²) in [4.78, 5) is 20.0. The van der Waals surface area contributed by atoms with E-state index in [1.165, 1.54) is 0 Å². The first-order valence-electron chi connectivity index (χ1n) is 8.65. The molecule has 3 rings (SSSR count). The minimum Gasteiger partial charge on any atom is -0.465 e. The monoisotopic (exact) mass is 405 g/mol. The molecule has 0 spiro atoms. The number of carbonyl (C=O) groups excluding carboxylic acids is 1. The van der Waals surface area contributed by atoms with Gasteiger partial charge in [0.25, 0.3) is 0 Å². The number of likely N-dealkylation sites (N-methyl/N-ethyl adjacent to an activating group) is 1. The number of nitrogens with zero attached hydrogens (tertiary/aromatic N) is 3. The molecule has 1 atom stereocenters. The lowest BCUT2D eigenvalue weighted by molar-refractivity contribution is -0.150. The molecule has 1 unspecified atom stereocenters. The first kappa shape index (κ1) is 19.5. The van der Waals surface area contributed by atoms with Crippen LogP contribution in [0.2, 0.25) is 5.02 Å². The topological polar surface area (TPSA) is 68.5 Å². The van der Waals surface area contributed by atoms with Crippen molar-refractivity contribution in [3.63, 3.8) is 0 Å². The molecule has 6 nitrogen and oxygen atoms in total. The fraction of sp³-hybridized carbons (Fsp3) is 0.316. The molecule has 0 aliphatic heterocycles. The summed E-state index contributed by atoms with van der Waals surface area (Å²) in [7, 11) is 0. The maximum atomic E-state index is 12.6. The second kappa shape index (κ2) is 9.12. The fourth-order valence-electron chi connectivity index (χ4n) is 2.75. The molecule has 142 valence electrons. The van der Waals surface area contributed by atoms with Crippen LogP contribution in [0.15, 0.2) is 46.3 Å². The summed E-state index contributed by atoms with van der Waals surface area (Å²) in [5.41, 5.74) is 0.803. The van der Waals surface area contributed by atoms with E-state index in [-0.39, 0.29) is 5.97 Å². The van der Waals surface area contributed by atoms with Crippen LogP contribution in [0.1, 0.15) is 31.3 Å². The lowest BCUT2D eigenvalue weighted by Crippen LogP contribution is -2.35. The normalized spacial score (nSPS) is 12.3. The van der Waals surface area contributed by atoms with Gasteiger partial charge in [-0.3, -0.25) is 4.90 Å². The molecule has 0 saturated carbocycles. The van der Waals surface area contributed by atoms with Crippen LogP contribution in [-0.4, -0.2) is 34.2 Å². The fourth-order valence-corrected chi connectivity index (χ4v) is 3.52. The number of esters is 1. The predicted molar refractivity (Wildman–Crippen MR) is 105 cm³/mol. The van der Waals surface area contributed by atoms with E-state index in [1.54, 1.807) is 30.4 Å². The zero-order valence-electron chi connectivity index (χ0n) is 15.1. The van der Waals surface area contributed by atoms with E-state index in [2.05, 4.69) is 10.1 Å². The third kappa shape index (κ3) is 4.74. The van der Waals surface area contributed by atoms with E-state index in [4.69, 9.17) is 20.9 Å². The first-order valence-corrected chi connectivity index (χ1v) is 9.90. The van der Waals surface area contributed by atoms with Crippen molar-refractivity contribution in [2.24, 2.45) is 0 Å². The Morgan fingerprint density at radius 2 is 2.07 bits per heavy atom. The second-order valence-electron chi connectivity index (χ2n) is 5.76. The van der Waals surface area contributed by atoms with E-state index in [0.717, 1.165) is 10.4 Å². The standard InChI is InChI=1S/C19H20ClN3O3S/c1-3-23(12-16-21-18(22-26-16)15-6-5-11-27-15)17(19(24)25-4-2)13-7-9-14(20)10-8-13/h5-11,17H,3-4,12H2,1-2H3. The molecule has 0 aliphatic rings. The Hall–Kier alpha value is -2.22. The minimum absolute atomic E-state index is 0.309. The number of hydrogen-bond acceptors (Lipinski definition) is 7. The van der Waals surface area contributed by atoms with E-state index in [9.17, 15) is 4.79 Å². The molecule has 1 aromatic carbocycles. The number of rotatable bonds is 8.